The topological polar surface area (TPSA) is 29.1 Å². The molecule has 1 unspecified atom stereocenters. The maximum absolute atomic E-state index is 12.3. The fourth-order valence-corrected chi connectivity index (χ4v) is 1.50. The molecule has 1 amide bonds. The van der Waals surface area contributed by atoms with Crippen LogP contribution in [0.15, 0.2) is 24.3 Å². The lowest BCUT2D eigenvalue weighted by Crippen LogP contribution is -2.19. The first-order chi connectivity index (χ1) is 7.84. The van der Waals surface area contributed by atoms with Crippen molar-refractivity contribution in [2.75, 3.05) is 7.05 Å². The number of benzene rings is 1. The van der Waals surface area contributed by atoms with Crippen molar-refractivity contribution < 1.29 is 18.0 Å². The molecular formula is C12H14F3NO. The first kappa shape index (κ1) is 13.5. The summed E-state index contributed by atoms with van der Waals surface area (Å²) in [6.07, 6.45) is -4.05. The molecule has 0 saturated heterocycles. The molecule has 0 aliphatic rings. The Morgan fingerprint density at radius 2 is 1.82 bits per heavy atom. The van der Waals surface area contributed by atoms with Crippen LogP contribution in [0.1, 0.15) is 30.4 Å². The highest BCUT2D eigenvalue weighted by Crippen LogP contribution is 2.30. The van der Waals surface area contributed by atoms with Gasteiger partial charge in [-0.05, 0) is 23.6 Å². The van der Waals surface area contributed by atoms with Crippen LogP contribution in [0.3, 0.4) is 0 Å². The lowest BCUT2D eigenvalue weighted by molar-refractivity contribution is -0.137. The monoisotopic (exact) mass is 245 g/mol. The third kappa shape index (κ3) is 3.76. The molecule has 2 nitrogen and oxygen atoms in total. The number of hydrogen-bond acceptors (Lipinski definition) is 1. The second kappa shape index (κ2) is 5.21. The van der Waals surface area contributed by atoms with E-state index in [9.17, 15) is 18.0 Å². The zero-order chi connectivity index (χ0) is 13.1. The van der Waals surface area contributed by atoms with E-state index < -0.39 is 11.7 Å². The summed E-state index contributed by atoms with van der Waals surface area (Å²) in [5.74, 6) is -0.227. The van der Waals surface area contributed by atoms with Gasteiger partial charge in [-0.15, -0.1) is 0 Å². The molecule has 1 aromatic carbocycles. The van der Waals surface area contributed by atoms with Crippen molar-refractivity contribution in [2.24, 2.45) is 0 Å². The van der Waals surface area contributed by atoms with Gasteiger partial charge >= 0.3 is 6.18 Å². The van der Waals surface area contributed by atoms with Gasteiger partial charge in [-0.25, -0.2) is 0 Å². The molecule has 1 aromatic rings. The van der Waals surface area contributed by atoms with Gasteiger partial charge in [0.15, 0.2) is 0 Å². The second-order valence-electron chi connectivity index (χ2n) is 3.90. The van der Waals surface area contributed by atoms with Crippen LogP contribution in [0.2, 0.25) is 0 Å². The molecule has 0 aliphatic carbocycles. The molecule has 0 saturated carbocycles. The number of carbonyl (C=O) groups excluding carboxylic acids is 1. The Morgan fingerprint density at radius 1 is 1.29 bits per heavy atom. The minimum atomic E-state index is -4.32. The van der Waals surface area contributed by atoms with Crippen LogP contribution in [0.4, 0.5) is 13.2 Å². The van der Waals surface area contributed by atoms with E-state index in [0.29, 0.717) is 0 Å². The maximum Gasteiger partial charge on any atom is 0.416 e. The zero-order valence-electron chi connectivity index (χ0n) is 9.64. The SMILES string of the molecule is CNC(=O)CC(C)c1ccc(C(F)(F)F)cc1. The standard InChI is InChI=1S/C12H14F3NO/c1-8(7-11(17)16-2)9-3-5-10(6-4-9)12(13,14)15/h3-6,8H,7H2,1-2H3,(H,16,17). The summed E-state index contributed by atoms with van der Waals surface area (Å²) in [6.45, 7) is 1.80. The number of carbonyl (C=O) groups is 1. The van der Waals surface area contributed by atoms with E-state index in [2.05, 4.69) is 5.32 Å². The normalized spacial score (nSPS) is 13.2. The van der Waals surface area contributed by atoms with Gasteiger partial charge in [-0.3, -0.25) is 4.79 Å². The third-order valence-electron chi connectivity index (χ3n) is 2.58. The van der Waals surface area contributed by atoms with Crippen LogP contribution in [-0.4, -0.2) is 13.0 Å². The van der Waals surface area contributed by atoms with Gasteiger partial charge in [-0.1, -0.05) is 19.1 Å². The molecule has 0 bridgehead atoms. The number of alkyl halides is 3. The van der Waals surface area contributed by atoms with Crippen LogP contribution in [0.5, 0.6) is 0 Å². The molecule has 0 aromatic heterocycles. The van der Waals surface area contributed by atoms with E-state index in [4.69, 9.17) is 0 Å². The number of hydrogen-bond donors (Lipinski definition) is 1. The summed E-state index contributed by atoms with van der Waals surface area (Å²) in [7, 11) is 1.53. The lowest BCUT2D eigenvalue weighted by atomic mass is 9.96. The molecule has 17 heavy (non-hydrogen) atoms. The van der Waals surface area contributed by atoms with Crippen molar-refractivity contribution in [3.05, 3.63) is 35.4 Å². The molecule has 1 N–H and O–H groups in total. The van der Waals surface area contributed by atoms with Crippen molar-refractivity contribution in [1.29, 1.82) is 0 Å². The maximum atomic E-state index is 12.3. The highest BCUT2D eigenvalue weighted by atomic mass is 19.4. The van der Waals surface area contributed by atoms with E-state index in [1.54, 1.807) is 6.92 Å². The van der Waals surface area contributed by atoms with E-state index in [1.807, 2.05) is 0 Å². The minimum Gasteiger partial charge on any atom is -0.359 e. The minimum absolute atomic E-state index is 0.0998. The van der Waals surface area contributed by atoms with Gasteiger partial charge in [-0.2, -0.15) is 13.2 Å². The predicted octanol–water partition coefficient (Wildman–Crippen LogP) is 2.95. The Bertz CT molecular complexity index is 384. The van der Waals surface area contributed by atoms with Gasteiger partial charge in [0.2, 0.25) is 5.91 Å². The van der Waals surface area contributed by atoms with E-state index in [-0.39, 0.29) is 18.2 Å². The molecule has 1 rings (SSSR count). The van der Waals surface area contributed by atoms with Crippen molar-refractivity contribution in [2.45, 2.75) is 25.4 Å². The van der Waals surface area contributed by atoms with Crippen LogP contribution in [0.25, 0.3) is 0 Å². The van der Waals surface area contributed by atoms with E-state index in [1.165, 1.54) is 19.2 Å². The van der Waals surface area contributed by atoms with E-state index >= 15 is 0 Å². The average Bonchev–Trinajstić information content (AvgIpc) is 2.27. The van der Waals surface area contributed by atoms with Crippen LogP contribution in [-0.2, 0) is 11.0 Å². The first-order valence-electron chi connectivity index (χ1n) is 5.22. The molecule has 0 heterocycles. The summed E-state index contributed by atoms with van der Waals surface area (Å²) < 4.78 is 37.0. The van der Waals surface area contributed by atoms with Crippen LogP contribution in [0, 0.1) is 0 Å². The molecule has 94 valence electrons. The number of rotatable bonds is 3. The Balaban J connectivity index is 2.77. The average molecular weight is 245 g/mol. The smallest absolute Gasteiger partial charge is 0.359 e. The van der Waals surface area contributed by atoms with Gasteiger partial charge < -0.3 is 5.32 Å². The number of halogens is 3. The summed E-state index contributed by atoms with van der Waals surface area (Å²) in [5, 5.41) is 2.48. The predicted molar refractivity (Wildman–Crippen MR) is 58.5 cm³/mol. The van der Waals surface area contributed by atoms with Crippen molar-refractivity contribution in [1.82, 2.24) is 5.32 Å². The van der Waals surface area contributed by atoms with Gasteiger partial charge in [0, 0.05) is 13.5 Å². The summed E-state index contributed by atoms with van der Waals surface area (Å²) in [4.78, 5) is 11.1. The van der Waals surface area contributed by atoms with Gasteiger partial charge in [0.05, 0.1) is 5.56 Å². The van der Waals surface area contributed by atoms with Crippen LogP contribution < -0.4 is 5.32 Å². The molecule has 1 atom stereocenters. The summed E-state index contributed by atoms with van der Waals surface area (Å²) >= 11 is 0. The van der Waals surface area contributed by atoms with E-state index in [0.717, 1.165) is 17.7 Å². The molecular weight excluding hydrogens is 231 g/mol. The lowest BCUT2D eigenvalue weighted by Gasteiger charge is -2.12. The van der Waals surface area contributed by atoms with Crippen molar-refractivity contribution >= 4 is 5.91 Å². The Morgan fingerprint density at radius 3 is 2.24 bits per heavy atom. The summed E-state index contributed by atoms with van der Waals surface area (Å²) in [5.41, 5.74) is 0.0509. The zero-order valence-corrected chi connectivity index (χ0v) is 9.64. The molecule has 5 heteroatoms. The van der Waals surface area contributed by atoms with Crippen molar-refractivity contribution in [3.63, 3.8) is 0 Å². The fraction of sp³-hybridized carbons (Fsp3) is 0.417. The summed E-state index contributed by atoms with van der Waals surface area (Å²) in [6, 6.07) is 4.90. The third-order valence-corrected chi connectivity index (χ3v) is 2.58. The van der Waals surface area contributed by atoms with Crippen molar-refractivity contribution in [3.8, 4) is 0 Å². The molecule has 0 aliphatic heterocycles. The molecule has 0 fully saturated rings. The van der Waals surface area contributed by atoms with Gasteiger partial charge in [0.25, 0.3) is 0 Å². The Labute approximate surface area is 97.8 Å². The number of amides is 1. The Hall–Kier alpha value is -1.52. The highest BCUT2D eigenvalue weighted by molar-refractivity contribution is 5.76. The fourth-order valence-electron chi connectivity index (χ4n) is 1.50. The second-order valence-corrected chi connectivity index (χ2v) is 3.90. The quantitative estimate of drug-likeness (QED) is 0.871. The molecule has 0 spiro atoms. The van der Waals surface area contributed by atoms with Crippen LogP contribution >= 0.6 is 0 Å². The first-order valence-corrected chi connectivity index (χ1v) is 5.22. The largest absolute Gasteiger partial charge is 0.416 e. The Kier molecular flexibility index (Phi) is 4.15. The highest BCUT2D eigenvalue weighted by Gasteiger charge is 2.30. The molecule has 0 radical (unpaired) electrons. The number of nitrogens with one attached hydrogen (secondary N) is 1. The van der Waals surface area contributed by atoms with Gasteiger partial charge in [0.1, 0.15) is 0 Å².